The summed E-state index contributed by atoms with van der Waals surface area (Å²) >= 11 is 0. The second kappa shape index (κ2) is 10.1. The average Bonchev–Trinajstić information content (AvgIpc) is 3.09. The predicted octanol–water partition coefficient (Wildman–Crippen LogP) is 2.26. The number of benzene rings is 2. The number of aliphatic carboxylic acids is 1. The summed E-state index contributed by atoms with van der Waals surface area (Å²) < 4.78 is 5.48. The number of hydrogen-bond acceptors (Lipinski definition) is 5. The topological polar surface area (TPSA) is 125 Å². The number of carboxylic acid groups (broad SMARTS) is 1. The van der Waals surface area contributed by atoms with Crippen molar-refractivity contribution in [3.63, 3.8) is 0 Å². The van der Waals surface area contributed by atoms with Crippen LogP contribution in [0.5, 0.6) is 0 Å². The molecule has 8 heteroatoms. The van der Waals surface area contributed by atoms with Gasteiger partial charge in [-0.3, -0.25) is 4.79 Å². The van der Waals surface area contributed by atoms with Crippen LogP contribution in [-0.2, 0) is 14.3 Å². The number of aliphatic hydroxyl groups excluding tert-OH is 1. The molecule has 1 aliphatic rings. The summed E-state index contributed by atoms with van der Waals surface area (Å²) in [4.78, 5) is 34.9. The Kier molecular flexibility index (Phi) is 7.25. The summed E-state index contributed by atoms with van der Waals surface area (Å²) in [6.45, 7) is 1.59. The van der Waals surface area contributed by atoms with E-state index in [1.807, 2.05) is 43.3 Å². The van der Waals surface area contributed by atoms with E-state index in [9.17, 15) is 19.5 Å². The molecule has 0 heterocycles. The van der Waals surface area contributed by atoms with E-state index in [2.05, 4.69) is 22.8 Å². The number of rotatable bonds is 9. The van der Waals surface area contributed by atoms with Crippen molar-refractivity contribution >= 4 is 18.0 Å². The lowest BCUT2D eigenvalue weighted by Crippen LogP contribution is -2.42. The lowest BCUT2D eigenvalue weighted by Gasteiger charge is -2.19. The van der Waals surface area contributed by atoms with Crippen molar-refractivity contribution in [2.45, 2.75) is 37.8 Å². The van der Waals surface area contributed by atoms with E-state index >= 15 is 0 Å². The Labute approximate surface area is 180 Å². The third-order valence-electron chi connectivity index (χ3n) is 5.37. The molecule has 0 saturated heterocycles. The molecule has 0 bridgehead atoms. The second-order valence-electron chi connectivity index (χ2n) is 7.44. The van der Waals surface area contributed by atoms with Gasteiger partial charge in [-0.2, -0.15) is 0 Å². The Morgan fingerprint density at radius 1 is 1.03 bits per heavy atom. The number of hydrogen-bond donors (Lipinski definition) is 4. The first kappa shape index (κ1) is 22.3. The summed E-state index contributed by atoms with van der Waals surface area (Å²) in [7, 11) is 0. The molecule has 0 radical (unpaired) electrons. The van der Waals surface area contributed by atoms with Gasteiger partial charge in [0.1, 0.15) is 6.61 Å². The standard InChI is InChI=1S/C23H26N2O6/c1-2-14(11-21(27)24-12-20(26)22(28)29)25-23(30)31-13-19-17-9-5-3-7-15(17)16-8-4-6-10-18(16)19/h3-10,14,19-20,26H,2,11-13H2,1H3,(H,24,27)(H,25,30)(H,28,29)/t14-,20-/m0/s1. The number of ether oxygens (including phenoxy) is 1. The first-order chi connectivity index (χ1) is 14.9. The van der Waals surface area contributed by atoms with E-state index in [1.165, 1.54) is 0 Å². The van der Waals surface area contributed by atoms with Crippen LogP contribution in [-0.4, -0.2) is 53.5 Å². The summed E-state index contributed by atoms with van der Waals surface area (Å²) in [6.07, 6.45) is -1.85. The van der Waals surface area contributed by atoms with E-state index in [0.717, 1.165) is 22.3 Å². The maximum absolute atomic E-state index is 12.3. The maximum Gasteiger partial charge on any atom is 0.407 e. The Morgan fingerprint density at radius 3 is 2.16 bits per heavy atom. The zero-order valence-electron chi connectivity index (χ0n) is 17.2. The number of carboxylic acids is 1. The normalized spacial score (nSPS) is 14.1. The van der Waals surface area contributed by atoms with Crippen molar-refractivity contribution in [2.75, 3.05) is 13.2 Å². The molecule has 164 valence electrons. The second-order valence-corrected chi connectivity index (χ2v) is 7.44. The molecular weight excluding hydrogens is 400 g/mol. The smallest absolute Gasteiger partial charge is 0.407 e. The van der Waals surface area contributed by atoms with Crippen LogP contribution in [0.25, 0.3) is 11.1 Å². The van der Waals surface area contributed by atoms with Crippen LogP contribution in [0.2, 0.25) is 0 Å². The minimum atomic E-state index is -1.67. The minimum absolute atomic E-state index is 0.0486. The number of amides is 2. The van der Waals surface area contributed by atoms with E-state index in [0.29, 0.717) is 6.42 Å². The molecule has 1 aliphatic carbocycles. The molecule has 2 amide bonds. The average molecular weight is 426 g/mol. The van der Waals surface area contributed by atoms with Gasteiger partial charge in [0.05, 0.1) is 6.54 Å². The van der Waals surface area contributed by atoms with Crippen LogP contribution in [0.3, 0.4) is 0 Å². The van der Waals surface area contributed by atoms with Gasteiger partial charge in [-0.1, -0.05) is 55.5 Å². The third-order valence-corrected chi connectivity index (χ3v) is 5.37. The minimum Gasteiger partial charge on any atom is -0.479 e. The van der Waals surface area contributed by atoms with Crippen LogP contribution in [0.4, 0.5) is 4.79 Å². The first-order valence-corrected chi connectivity index (χ1v) is 10.2. The fraction of sp³-hybridized carbons (Fsp3) is 0.348. The maximum atomic E-state index is 12.3. The summed E-state index contributed by atoms with van der Waals surface area (Å²) in [5.74, 6) is -1.94. The monoisotopic (exact) mass is 426 g/mol. The molecule has 2 aromatic carbocycles. The molecular formula is C23H26N2O6. The van der Waals surface area contributed by atoms with Crippen LogP contribution in [0, 0.1) is 0 Å². The van der Waals surface area contributed by atoms with Crippen molar-refractivity contribution in [1.82, 2.24) is 10.6 Å². The van der Waals surface area contributed by atoms with Crippen molar-refractivity contribution in [3.05, 3.63) is 59.7 Å². The summed E-state index contributed by atoms with van der Waals surface area (Å²) in [5, 5.41) is 22.9. The Bertz CT molecular complexity index is 915. The predicted molar refractivity (Wildman–Crippen MR) is 114 cm³/mol. The van der Waals surface area contributed by atoms with Gasteiger partial charge in [-0.05, 0) is 28.7 Å². The van der Waals surface area contributed by atoms with Crippen LogP contribution in [0.1, 0.15) is 36.8 Å². The highest BCUT2D eigenvalue weighted by Gasteiger charge is 2.29. The van der Waals surface area contributed by atoms with Gasteiger partial charge < -0.3 is 25.6 Å². The SMILES string of the molecule is CC[C@@H](CC(=O)NC[C@H](O)C(=O)O)NC(=O)OCC1c2ccccc2-c2ccccc21. The molecule has 2 aromatic rings. The quantitative estimate of drug-likeness (QED) is 0.487. The highest BCUT2D eigenvalue weighted by Crippen LogP contribution is 2.44. The van der Waals surface area contributed by atoms with Crippen LogP contribution < -0.4 is 10.6 Å². The van der Waals surface area contributed by atoms with Crippen molar-refractivity contribution < 1.29 is 29.3 Å². The number of fused-ring (bicyclic) bond motifs is 3. The molecule has 0 spiro atoms. The van der Waals surface area contributed by atoms with Gasteiger partial charge >= 0.3 is 12.1 Å². The summed E-state index contributed by atoms with van der Waals surface area (Å²) in [6, 6.07) is 15.6. The van der Waals surface area contributed by atoms with Gasteiger partial charge in [0.2, 0.25) is 5.91 Å². The molecule has 0 aliphatic heterocycles. The number of carbonyl (C=O) groups excluding carboxylic acids is 2. The number of aliphatic hydroxyl groups is 1. The van der Waals surface area contributed by atoms with Crippen molar-refractivity contribution in [3.8, 4) is 11.1 Å². The molecule has 8 nitrogen and oxygen atoms in total. The van der Waals surface area contributed by atoms with E-state index in [1.54, 1.807) is 0 Å². The lowest BCUT2D eigenvalue weighted by atomic mass is 9.98. The van der Waals surface area contributed by atoms with Gasteiger partial charge in [-0.25, -0.2) is 9.59 Å². The highest BCUT2D eigenvalue weighted by molar-refractivity contribution is 5.80. The third kappa shape index (κ3) is 5.40. The van der Waals surface area contributed by atoms with Gasteiger partial charge in [0, 0.05) is 18.4 Å². The number of nitrogens with one attached hydrogen (secondary N) is 2. The van der Waals surface area contributed by atoms with E-state index in [-0.39, 0.29) is 18.9 Å². The molecule has 0 fully saturated rings. The fourth-order valence-corrected chi connectivity index (χ4v) is 3.70. The fourth-order valence-electron chi connectivity index (χ4n) is 3.70. The first-order valence-electron chi connectivity index (χ1n) is 10.2. The van der Waals surface area contributed by atoms with E-state index < -0.39 is 36.7 Å². The van der Waals surface area contributed by atoms with Gasteiger partial charge in [-0.15, -0.1) is 0 Å². The zero-order chi connectivity index (χ0) is 22.4. The van der Waals surface area contributed by atoms with Crippen LogP contribution >= 0.6 is 0 Å². The van der Waals surface area contributed by atoms with Crippen molar-refractivity contribution in [1.29, 1.82) is 0 Å². The largest absolute Gasteiger partial charge is 0.479 e. The van der Waals surface area contributed by atoms with Gasteiger partial charge in [0.15, 0.2) is 6.10 Å². The van der Waals surface area contributed by atoms with Crippen molar-refractivity contribution in [2.24, 2.45) is 0 Å². The zero-order valence-corrected chi connectivity index (χ0v) is 17.2. The summed E-state index contributed by atoms with van der Waals surface area (Å²) in [5.41, 5.74) is 4.50. The van der Waals surface area contributed by atoms with Crippen LogP contribution in [0.15, 0.2) is 48.5 Å². The molecule has 0 saturated carbocycles. The molecule has 3 rings (SSSR count). The van der Waals surface area contributed by atoms with Gasteiger partial charge in [0.25, 0.3) is 0 Å². The lowest BCUT2D eigenvalue weighted by molar-refractivity contribution is -0.146. The molecule has 0 aromatic heterocycles. The Balaban J connectivity index is 1.53. The Morgan fingerprint density at radius 2 is 1.61 bits per heavy atom. The van der Waals surface area contributed by atoms with E-state index in [4.69, 9.17) is 9.84 Å². The molecule has 0 unspecified atom stereocenters. The molecule has 31 heavy (non-hydrogen) atoms. The number of alkyl carbamates (subject to hydrolysis) is 1. The number of carbonyl (C=O) groups is 3. The highest BCUT2D eigenvalue weighted by atomic mass is 16.5. The molecule has 4 N–H and O–H groups in total. The Hall–Kier alpha value is -3.39. The molecule has 2 atom stereocenters.